The number of para-hydroxylation sites is 1. The molecular weight excluding hydrogens is 236 g/mol. The quantitative estimate of drug-likeness (QED) is 0.896. The van der Waals surface area contributed by atoms with Gasteiger partial charge in [0.1, 0.15) is 0 Å². The monoisotopic (exact) mass is 256 g/mol. The highest BCUT2D eigenvalue weighted by atomic mass is 15.2. The highest BCUT2D eigenvalue weighted by Crippen LogP contribution is 2.32. The van der Waals surface area contributed by atoms with Crippen LogP contribution >= 0.6 is 0 Å². The summed E-state index contributed by atoms with van der Waals surface area (Å²) in [6.45, 7) is 1.96. The van der Waals surface area contributed by atoms with E-state index >= 15 is 0 Å². The minimum Gasteiger partial charge on any atom is -0.367 e. The van der Waals surface area contributed by atoms with Crippen LogP contribution in [-0.2, 0) is 13.6 Å². The van der Waals surface area contributed by atoms with E-state index < -0.39 is 0 Å². The first-order chi connectivity index (χ1) is 9.24. The number of benzene rings is 1. The number of rotatable bonds is 2. The zero-order valence-electron chi connectivity index (χ0n) is 11.3. The van der Waals surface area contributed by atoms with Gasteiger partial charge in [0.2, 0.25) is 0 Å². The molecule has 1 aromatic carbocycles. The van der Waals surface area contributed by atoms with E-state index in [1.807, 2.05) is 17.9 Å². The molecule has 19 heavy (non-hydrogen) atoms. The van der Waals surface area contributed by atoms with E-state index in [4.69, 9.17) is 5.73 Å². The molecule has 100 valence electrons. The Hall–Kier alpha value is -1.81. The average Bonchev–Trinajstić information content (AvgIpc) is 2.75. The summed E-state index contributed by atoms with van der Waals surface area (Å²) in [5.74, 6) is 0. The average molecular weight is 256 g/mol. The van der Waals surface area contributed by atoms with Crippen LogP contribution in [0.2, 0.25) is 0 Å². The van der Waals surface area contributed by atoms with Crippen LogP contribution in [0.1, 0.15) is 30.0 Å². The number of hydrogen-bond acceptors (Lipinski definition) is 3. The minimum atomic E-state index is 0.162. The Morgan fingerprint density at radius 2 is 2.21 bits per heavy atom. The van der Waals surface area contributed by atoms with Gasteiger partial charge in [-0.15, -0.1) is 0 Å². The van der Waals surface area contributed by atoms with Crippen molar-refractivity contribution in [2.75, 3.05) is 11.4 Å². The van der Waals surface area contributed by atoms with Crippen LogP contribution in [0.3, 0.4) is 0 Å². The first kappa shape index (κ1) is 12.2. The number of nitrogens with two attached hydrogens (primary N) is 1. The number of anilines is 1. The molecule has 2 heterocycles. The van der Waals surface area contributed by atoms with E-state index in [1.165, 1.54) is 16.8 Å². The summed E-state index contributed by atoms with van der Waals surface area (Å²) in [6, 6.07) is 8.66. The summed E-state index contributed by atoms with van der Waals surface area (Å²) in [5.41, 5.74) is 10.0. The normalized spacial score (nSPS) is 19.1. The summed E-state index contributed by atoms with van der Waals surface area (Å²) in [5, 5.41) is 4.24. The Labute approximate surface area is 113 Å². The minimum absolute atomic E-state index is 0.162. The molecule has 0 saturated heterocycles. The Kier molecular flexibility index (Phi) is 3.25. The van der Waals surface area contributed by atoms with Crippen LogP contribution in [0.15, 0.2) is 36.7 Å². The third kappa shape index (κ3) is 2.49. The van der Waals surface area contributed by atoms with E-state index in [9.17, 15) is 0 Å². The molecule has 0 radical (unpaired) electrons. The Bertz CT molecular complexity index is 561. The Morgan fingerprint density at radius 1 is 1.37 bits per heavy atom. The molecule has 4 heteroatoms. The lowest BCUT2D eigenvalue weighted by Crippen LogP contribution is -2.23. The summed E-state index contributed by atoms with van der Waals surface area (Å²) >= 11 is 0. The molecule has 0 bridgehead atoms. The lowest BCUT2D eigenvalue weighted by molar-refractivity contribution is 0.626. The van der Waals surface area contributed by atoms with Crippen molar-refractivity contribution in [2.24, 2.45) is 12.8 Å². The smallest absolute Gasteiger partial charge is 0.0539 e. The summed E-state index contributed by atoms with van der Waals surface area (Å²) in [6.07, 6.45) is 6.21. The highest BCUT2D eigenvalue weighted by molar-refractivity contribution is 5.56. The molecule has 1 aliphatic rings. The second-order valence-corrected chi connectivity index (χ2v) is 5.25. The van der Waals surface area contributed by atoms with Crippen LogP contribution in [0.25, 0.3) is 0 Å². The lowest BCUT2D eigenvalue weighted by atomic mass is 10.0. The van der Waals surface area contributed by atoms with Crippen molar-refractivity contribution >= 4 is 5.69 Å². The summed E-state index contributed by atoms with van der Waals surface area (Å²) in [7, 11) is 1.95. The van der Waals surface area contributed by atoms with Crippen molar-refractivity contribution in [3.63, 3.8) is 0 Å². The molecule has 0 aliphatic carbocycles. The number of aryl methyl sites for hydroxylation is 1. The lowest BCUT2D eigenvalue weighted by Gasteiger charge is -2.24. The van der Waals surface area contributed by atoms with Crippen LogP contribution in [-0.4, -0.2) is 16.3 Å². The third-order valence-corrected chi connectivity index (χ3v) is 3.75. The molecule has 0 amide bonds. The van der Waals surface area contributed by atoms with Gasteiger partial charge in [0.15, 0.2) is 0 Å². The predicted octanol–water partition coefficient (Wildman–Crippen LogP) is 2.22. The van der Waals surface area contributed by atoms with Gasteiger partial charge in [0.25, 0.3) is 0 Å². The van der Waals surface area contributed by atoms with Crippen molar-refractivity contribution in [2.45, 2.75) is 25.4 Å². The van der Waals surface area contributed by atoms with E-state index in [1.54, 1.807) is 0 Å². The van der Waals surface area contributed by atoms with E-state index in [-0.39, 0.29) is 6.04 Å². The van der Waals surface area contributed by atoms with Gasteiger partial charge in [-0.3, -0.25) is 4.68 Å². The zero-order chi connectivity index (χ0) is 13.2. The fraction of sp³-hybridized carbons (Fsp3) is 0.400. The largest absolute Gasteiger partial charge is 0.367 e. The Morgan fingerprint density at radius 3 is 3.00 bits per heavy atom. The van der Waals surface area contributed by atoms with Crippen molar-refractivity contribution in [1.82, 2.24) is 9.78 Å². The molecule has 3 rings (SSSR count). The third-order valence-electron chi connectivity index (χ3n) is 3.75. The maximum Gasteiger partial charge on any atom is 0.0539 e. The number of nitrogens with zero attached hydrogens (tertiary/aromatic N) is 3. The van der Waals surface area contributed by atoms with Gasteiger partial charge < -0.3 is 10.6 Å². The predicted molar refractivity (Wildman–Crippen MR) is 76.9 cm³/mol. The van der Waals surface area contributed by atoms with E-state index in [0.29, 0.717) is 0 Å². The van der Waals surface area contributed by atoms with Crippen LogP contribution < -0.4 is 10.6 Å². The van der Waals surface area contributed by atoms with Crippen LogP contribution in [0, 0.1) is 0 Å². The first-order valence-corrected chi connectivity index (χ1v) is 6.81. The first-order valence-electron chi connectivity index (χ1n) is 6.81. The van der Waals surface area contributed by atoms with Crippen LogP contribution in [0.5, 0.6) is 0 Å². The van der Waals surface area contributed by atoms with Gasteiger partial charge in [-0.1, -0.05) is 18.2 Å². The number of fused-ring (bicyclic) bond motifs is 1. The second kappa shape index (κ2) is 5.05. The number of aromatic nitrogens is 2. The molecular formula is C15H20N4. The molecule has 0 saturated carbocycles. The molecule has 1 aromatic heterocycles. The molecule has 0 spiro atoms. The highest BCUT2D eigenvalue weighted by Gasteiger charge is 2.20. The molecule has 1 atom stereocenters. The fourth-order valence-electron chi connectivity index (χ4n) is 2.81. The van der Waals surface area contributed by atoms with Gasteiger partial charge in [0.05, 0.1) is 6.20 Å². The fourth-order valence-corrected chi connectivity index (χ4v) is 2.81. The topological polar surface area (TPSA) is 47.1 Å². The standard InChI is InChI=1S/C15H20N4/c1-18-10-12(9-17-18)11-19-8-4-6-14(16)13-5-2-3-7-15(13)19/h2-3,5,7,9-10,14H,4,6,8,11,16H2,1H3. The second-order valence-electron chi connectivity index (χ2n) is 5.25. The van der Waals surface area contributed by atoms with Gasteiger partial charge in [-0.25, -0.2) is 0 Å². The molecule has 0 fully saturated rings. The molecule has 2 N–H and O–H groups in total. The van der Waals surface area contributed by atoms with Crippen molar-refractivity contribution in [3.05, 3.63) is 47.8 Å². The van der Waals surface area contributed by atoms with Gasteiger partial charge in [-0.2, -0.15) is 5.10 Å². The summed E-state index contributed by atoms with van der Waals surface area (Å²) in [4.78, 5) is 2.42. The van der Waals surface area contributed by atoms with Gasteiger partial charge in [-0.05, 0) is 24.5 Å². The van der Waals surface area contributed by atoms with Crippen molar-refractivity contribution in [1.29, 1.82) is 0 Å². The molecule has 1 unspecified atom stereocenters. The SMILES string of the molecule is Cn1cc(CN2CCCC(N)c3ccccc32)cn1. The molecule has 1 aliphatic heterocycles. The van der Waals surface area contributed by atoms with Crippen molar-refractivity contribution < 1.29 is 0 Å². The number of hydrogen-bond donors (Lipinski definition) is 1. The maximum atomic E-state index is 6.26. The van der Waals surface area contributed by atoms with Crippen LogP contribution in [0.4, 0.5) is 5.69 Å². The van der Waals surface area contributed by atoms with Crippen molar-refractivity contribution in [3.8, 4) is 0 Å². The van der Waals surface area contributed by atoms with Gasteiger partial charge in [0, 0.05) is 43.6 Å². The molecule has 2 aromatic rings. The maximum absolute atomic E-state index is 6.26. The summed E-state index contributed by atoms with van der Waals surface area (Å²) < 4.78 is 1.85. The molecule has 4 nitrogen and oxygen atoms in total. The van der Waals surface area contributed by atoms with Gasteiger partial charge >= 0.3 is 0 Å². The van der Waals surface area contributed by atoms with E-state index in [0.717, 1.165) is 25.9 Å². The zero-order valence-corrected chi connectivity index (χ0v) is 11.3. The van der Waals surface area contributed by atoms with E-state index in [2.05, 4.69) is 40.5 Å². The Balaban J connectivity index is 1.91.